The van der Waals surface area contributed by atoms with Crippen molar-refractivity contribution in [2.45, 2.75) is 13.0 Å². The molecule has 1 atom stereocenters. The van der Waals surface area contributed by atoms with E-state index < -0.39 is 6.10 Å². The quantitative estimate of drug-likeness (QED) is 0.875. The lowest BCUT2D eigenvalue weighted by molar-refractivity contribution is -0.117. The second-order valence-electron chi connectivity index (χ2n) is 4.22. The molecule has 0 saturated carbocycles. The predicted octanol–water partition coefficient (Wildman–Crippen LogP) is 2.24. The third-order valence-electron chi connectivity index (χ3n) is 2.19. The highest BCUT2D eigenvalue weighted by Gasteiger charge is 2.10. The zero-order chi connectivity index (χ0) is 13.7. The summed E-state index contributed by atoms with van der Waals surface area (Å²) in [5, 5.41) is 12.8. The maximum atomic E-state index is 11.7. The van der Waals surface area contributed by atoms with Crippen LogP contribution in [0.3, 0.4) is 0 Å². The molecule has 0 spiro atoms. The lowest BCUT2D eigenvalue weighted by Crippen LogP contribution is -2.34. The topological polar surface area (TPSA) is 52.6 Å². The molecule has 0 saturated heterocycles. The van der Waals surface area contributed by atoms with Gasteiger partial charge in [0.05, 0.1) is 23.4 Å². The molecule has 1 amide bonds. The van der Waals surface area contributed by atoms with Crippen LogP contribution in [0.15, 0.2) is 18.2 Å². The van der Waals surface area contributed by atoms with Crippen LogP contribution in [0.2, 0.25) is 10.0 Å². The highest BCUT2D eigenvalue weighted by Crippen LogP contribution is 2.25. The monoisotopic (exact) mass is 290 g/mol. The molecule has 6 heteroatoms. The number of rotatable bonds is 5. The molecule has 0 aliphatic heterocycles. The lowest BCUT2D eigenvalue weighted by atomic mass is 10.3. The molecule has 0 bridgehead atoms. The number of likely N-dealkylation sites (N-methyl/N-ethyl adjacent to an activating group) is 1. The summed E-state index contributed by atoms with van der Waals surface area (Å²) < 4.78 is 0. The number of aliphatic hydroxyl groups excluding tert-OH is 1. The fraction of sp³-hybridized carbons (Fsp3) is 0.417. The first kappa shape index (κ1) is 15.2. The van der Waals surface area contributed by atoms with Gasteiger partial charge in [0.1, 0.15) is 0 Å². The Kier molecular flexibility index (Phi) is 5.88. The number of carbonyl (C=O) groups excluding carboxylic acids is 1. The van der Waals surface area contributed by atoms with Gasteiger partial charge in [-0.05, 0) is 32.2 Å². The number of nitrogens with zero attached hydrogens (tertiary/aromatic N) is 1. The first-order valence-corrected chi connectivity index (χ1v) is 6.25. The van der Waals surface area contributed by atoms with Gasteiger partial charge in [0.2, 0.25) is 5.91 Å². The van der Waals surface area contributed by atoms with E-state index in [1.54, 1.807) is 37.1 Å². The van der Waals surface area contributed by atoms with E-state index in [1.807, 2.05) is 0 Å². The molecule has 0 fully saturated rings. The molecule has 18 heavy (non-hydrogen) atoms. The van der Waals surface area contributed by atoms with Crippen molar-refractivity contribution >= 4 is 34.8 Å². The van der Waals surface area contributed by atoms with E-state index in [-0.39, 0.29) is 12.5 Å². The van der Waals surface area contributed by atoms with Gasteiger partial charge < -0.3 is 10.4 Å². The standard InChI is InChI=1S/C12H16Cl2N2O2/c1-8(17)6-16(2)7-12(18)15-11-5-9(13)3-4-10(11)14/h3-5,8,17H,6-7H2,1-2H3,(H,15,18). The van der Waals surface area contributed by atoms with E-state index in [1.165, 1.54) is 0 Å². The molecule has 0 heterocycles. The minimum atomic E-state index is -0.474. The Labute approximate surface area is 116 Å². The van der Waals surface area contributed by atoms with Crippen LogP contribution in [-0.4, -0.2) is 42.2 Å². The molecule has 2 N–H and O–H groups in total. The van der Waals surface area contributed by atoms with Crippen molar-refractivity contribution < 1.29 is 9.90 Å². The summed E-state index contributed by atoms with van der Waals surface area (Å²) in [5.74, 6) is -0.206. The summed E-state index contributed by atoms with van der Waals surface area (Å²) in [7, 11) is 1.76. The maximum Gasteiger partial charge on any atom is 0.238 e. The van der Waals surface area contributed by atoms with Crippen molar-refractivity contribution in [1.82, 2.24) is 4.90 Å². The summed E-state index contributed by atoms with van der Waals surface area (Å²) in [5.41, 5.74) is 0.486. The summed E-state index contributed by atoms with van der Waals surface area (Å²) in [4.78, 5) is 13.5. The second kappa shape index (κ2) is 6.95. The molecule has 0 radical (unpaired) electrons. The molecule has 0 aliphatic rings. The summed E-state index contributed by atoms with van der Waals surface area (Å²) in [6.45, 7) is 2.27. The minimum absolute atomic E-state index is 0.174. The maximum absolute atomic E-state index is 11.7. The number of hydrogen-bond donors (Lipinski definition) is 2. The zero-order valence-electron chi connectivity index (χ0n) is 10.3. The molecular formula is C12H16Cl2N2O2. The van der Waals surface area contributed by atoms with E-state index in [9.17, 15) is 9.90 Å². The number of halogens is 2. The molecule has 0 aliphatic carbocycles. The van der Waals surface area contributed by atoms with E-state index in [2.05, 4.69) is 5.32 Å². The normalized spacial score (nSPS) is 12.6. The van der Waals surface area contributed by atoms with Crippen molar-refractivity contribution in [2.75, 3.05) is 25.5 Å². The van der Waals surface area contributed by atoms with Gasteiger partial charge in [-0.2, -0.15) is 0 Å². The Bertz CT molecular complexity index is 425. The van der Waals surface area contributed by atoms with Gasteiger partial charge in [0, 0.05) is 11.6 Å². The highest BCUT2D eigenvalue weighted by atomic mass is 35.5. The van der Waals surface area contributed by atoms with Crippen LogP contribution >= 0.6 is 23.2 Å². The SMILES string of the molecule is CC(O)CN(C)CC(=O)Nc1cc(Cl)ccc1Cl. The number of hydrogen-bond acceptors (Lipinski definition) is 3. The van der Waals surface area contributed by atoms with Crippen LogP contribution in [0.25, 0.3) is 0 Å². The van der Waals surface area contributed by atoms with Gasteiger partial charge in [-0.25, -0.2) is 0 Å². The van der Waals surface area contributed by atoms with Gasteiger partial charge in [0.25, 0.3) is 0 Å². The summed E-state index contributed by atoms with van der Waals surface area (Å²) >= 11 is 11.8. The molecule has 1 rings (SSSR count). The molecule has 1 aromatic rings. The Balaban J connectivity index is 2.56. The largest absolute Gasteiger partial charge is 0.392 e. The number of amides is 1. The molecule has 1 unspecified atom stereocenters. The summed E-state index contributed by atoms with van der Waals surface area (Å²) in [6, 6.07) is 4.87. The van der Waals surface area contributed by atoms with E-state index in [0.717, 1.165) is 0 Å². The fourth-order valence-electron chi connectivity index (χ4n) is 1.54. The van der Waals surface area contributed by atoms with Crippen molar-refractivity contribution in [3.05, 3.63) is 28.2 Å². The van der Waals surface area contributed by atoms with Crippen molar-refractivity contribution in [1.29, 1.82) is 0 Å². The molecule has 4 nitrogen and oxygen atoms in total. The lowest BCUT2D eigenvalue weighted by Gasteiger charge is -2.18. The van der Waals surface area contributed by atoms with Crippen LogP contribution in [0, 0.1) is 0 Å². The average molecular weight is 291 g/mol. The van der Waals surface area contributed by atoms with Crippen LogP contribution in [-0.2, 0) is 4.79 Å². The third-order valence-corrected chi connectivity index (χ3v) is 2.76. The number of nitrogens with one attached hydrogen (secondary N) is 1. The van der Waals surface area contributed by atoms with Gasteiger partial charge in [-0.3, -0.25) is 9.69 Å². The first-order valence-electron chi connectivity index (χ1n) is 5.50. The Morgan fingerprint density at radius 3 is 2.78 bits per heavy atom. The minimum Gasteiger partial charge on any atom is -0.392 e. The third kappa shape index (κ3) is 5.23. The highest BCUT2D eigenvalue weighted by molar-refractivity contribution is 6.35. The number of carbonyl (C=O) groups is 1. The molecular weight excluding hydrogens is 275 g/mol. The molecule has 0 aromatic heterocycles. The fourth-order valence-corrected chi connectivity index (χ4v) is 1.88. The van der Waals surface area contributed by atoms with Gasteiger partial charge in [-0.15, -0.1) is 0 Å². The van der Waals surface area contributed by atoms with E-state index in [4.69, 9.17) is 23.2 Å². The first-order chi connectivity index (χ1) is 8.38. The Hall–Kier alpha value is -0.810. The number of aliphatic hydroxyl groups is 1. The van der Waals surface area contributed by atoms with Gasteiger partial charge in [0.15, 0.2) is 0 Å². The Morgan fingerprint density at radius 1 is 1.50 bits per heavy atom. The van der Waals surface area contributed by atoms with Crippen molar-refractivity contribution in [3.8, 4) is 0 Å². The summed E-state index contributed by atoms with van der Waals surface area (Å²) in [6.07, 6.45) is -0.474. The molecule has 100 valence electrons. The Morgan fingerprint density at radius 2 is 2.17 bits per heavy atom. The average Bonchev–Trinajstić information content (AvgIpc) is 2.21. The second-order valence-corrected chi connectivity index (χ2v) is 5.06. The van der Waals surface area contributed by atoms with Crippen LogP contribution in [0.5, 0.6) is 0 Å². The van der Waals surface area contributed by atoms with E-state index in [0.29, 0.717) is 22.3 Å². The van der Waals surface area contributed by atoms with E-state index >= 15 is 0 Å². The van der Waals surface area contributed by atoms with Crippen molar-refractivity contribution in [2.24, 2.45) is 0 Å². The van der Waals surface area contributed by atoms with Crippen LogP contribution in [0.4, 0.5) is 5.69 Å². The predicted molar refractivity (Wildman–Crippen MR) is 74.3 cm³/mol. The smallest absolute Gasteiger partial charge is 0.238 e. The van der Waals surface area contributed by atoms with Gasteiger partial charge >= 0.3 is 0 Å². The zero-order valence-corrected chi connectivity index (χ0v) is 11.8. The van der Waals surface area contributed by atoms with Gasteiger partial charge in [-0.1, -0.05) is 23.2 Å². The number of anilines is 1. The molecule has 1 aromatic carbocycles. The van der Waals surface area contributed by atoms with Crippen LogP contribution < -0.4 is 5.32 Å². The van der Waals surface area contributed by atoms with Crippen molar-refractivity contribution in [3.63, 3.8) is 0 Å². The van der Waals surface area contributed by atoms with Crippen LogP contribution in [0.1, 0.15) is 6.92 Å². The number of benzene rings is 1.